The number of Topliss-reactive ketones (excluding diaryl/α,β-unsaturated/α-hetero) is 1. The number of rotatable bonds is 4. The van der Waals surface area contributed by atoms with Gasteiger partial charge in [-0.3, -0.25) is 14.2 Å². The fourth-order valence-electron chi connectivity index (χ4n) is 2.81. The summed E-state index contributed by atoms with van der Waals surface area (Å²) in [6, 6.07) is 2.60. The Morgan fingerprint density at radius 2 is 2.15 bits per heavy atom. The van der Waals surface area contributed by atoms with Crippen molar-refractivity contribution in [3.63, 3.8) is 0 Å². The molecule has 20 heavy (non-hydrogen) atoms. The lowest BCUT2D eigenvalue weighted by Gasteiger charge is -2.21. The minimum atomic E-state index is 0.0454. The summed E-state index contributed by atoms with van der Waals surface area (Å²) in [6.45, 7) is 2.17. The molecule has 1 fully saturated rings. The van der Waals surface area contributed by atoms with Crippen LogP contribution in [-0.4, -0.2) is 25.3 Å². The molecule has 0 aliphatic heterocycles. The molecule has 5 heteroatoms. The fraction of sp³-hybridized carbons (Fsp3) is 0.533. The molecule has 3 rings (SSSR count). The number of hydrogen-bond donors (Lipinski definition) is 0. The molecule has 0 amide bonds. The Bertz CT molecular complexity index is 593. The number of aromatic nitrogens is 4. The first kappa shape index (κ1) is 13.1. The first-order valence-electron chi connectivity index (χ1n) is 7.30. The van der Waals surface area contributed by atoms with E-state index in [4.69, 9.17) is 0 Å². The Hall–Kier alpha value is -1.91. The van der Waals surface area contributed by atoms with Crippen LogP contribution in [0.3, 0.4) is 0 Å². The zero-order valence-electron chi connectivity index (χ0n) is 11.8. The second-order valence-corrected chi connectivity index (χ2v) is 5.56. The van der Waals surface area contributed by atoms with Crippen molar-refractivity contribution in [2.45, 2.75) is 51.6 Å². The Balaban J connectivity index is 1.68. The van der Waals surface area contributed by atoms with E-state index in [1.807, 2.05) is 6.07 Å². The predicted octanol–water partition coefficient (Wildman–Crippen LogP) is 2.84. The van der Waals surface area contributed by atoms with Crippen molar-refractivity contribution < 1.29 is 4.79 Å². The van der Waals surface area contributed by atoms with Crippen molar-refractivity contribution in [3.8, 4) is 0 Å². The summed E-state index contributed by atoms with van der Waals surface area (Å²) in [5.74, 6) is 0.0454. The van der Waals surface area contributed by atoms with E-state index in [1.54, 1.807) is 24.0 Å². The maximum atomic E-state index is 11.2. The number of carbonyl (C=O) groups is 1. The first-order valence-corrected chi connectivity index (χ1v) is 7.30. The molecule has 0 radical (unpaired) electrons. The van der Waals surface area contributed by atoms with E-state index in [1.165, 1.54) is 32.1 Å². The first-order chi connectivity index (χ1) is 9.72. The van der Waals surface area contributed by atoms with Crippen molar-refractivity contribution in [2.75, 3.05) is 0 Å². The highest BCUT2D eigenvalue weighted by Crippen LogP contribution is 2.27. The molecule has 2 heterocycles. The van der Waals surface area contributed by atoms with Gasteiger partial charge in [0.05, 0.1) is 30.0 Å². The van der Waals surface area contributed by atoms with Gasteiger partial charge in [-0.25, -0.2) is 0 Å². The van der Waals surface area contributed by atoms with Crippen molar-refractivity contribution in [1.82, 2.24) is 19.6 Å². The van der Waals surface area contributed by atoms with Gasteiger partial charge in [-0.2, -0.15) is 10.2 Å². The molecule has 0 aromatic carbocycles. The topological polar surface area (TPSA) is 52.7 Å². The van der Waals surface area contributed by atoms with E-state index in [0.29, 0.717) is 18.2 Å². The van der Waals surface area contributed by atoms with Gasteiger partial charge in [0.2, 0.25) is 0 Å². The van der Waals surface area contributed by atoms with E-state index in [0.717, 1.165) is 5.69 Å². The second-order valence-electron chi connectivity index (χ2n) is 5.56. The molecule has 0 saturated heterocycles. The summed E-state index contributed by atoms with van der Waals surface area (Å²) in [7, 11) is 0. The van der Waals surface area contributed by atoms with Gasteiger partial charge >= 0.3 is 0 Å². The molecule has 0 spiro atoms. The second kappa shape index (κ2) is 5.61. The maximum Gasteiger partial charge on any atom is 0.162 e. The van der Waals surface area contributed by atoms with Crippen LogP contribution in [0.5, 0.6) is 0 Å². The van der Waals surface area contributed by atoms with Gasteiger partial charge in [0.25, 0.3) is 0 Å². The van der Waals surface area contributed by atoms with Crippen molar-refractivity contribution in [3.05, 3.63) is 35.9 Å². The molecular formula is C15H20N4O. The molecule has 1 aliphatic carbocycles. The third-order valence-electron chi connectivity index (χ3n) is 3.98. The molecule has 106 valence electrons. The van der Waals surface area contributed by atoms with Crippen molar-refractivity contribution in [1.29, 1.82) is 0 Å². The Kier molecular flexibility index (Phi) is 3.67. The Labute approximate surface area is 118 Å². The quantitative estimate of drug-likeness (QED) is 0.804. The highest BCUT2D eigenvalue weighted by Gasteiger charge is 2.16. The normalized spacial score (nSPS) is 16.4. The van der Waals surface area contributed by atoms with E-state index in [-0.39, 0.29) is 5.78 Å². The molecule has 5 nitrogen and oxygen atoms in total. The van der Waals surface area contributed by atoms with Crippen LogP contribution in [0.15, 0.2) is 24.7 Å². The van der Waals surface area contributed by atoms with Crippen molar-refractivity contribution >= 4 is 5.78 Å². The van der Waals surface area contributed by atoms with Crippen LogP contribution < -0.4 is 0 Å². The van der Waals surface area contributed by atoms with Gasteiger partial charge in [-0.05, 0) is 25.8 Å². The third kappa shape index (κ3) is 2.81. The predicted molar refractivity (Wildman–Crippen MR) is 75.7 cm³/mol. The van der Waals surface area contributed by atoms with Gasteiger partial charge < -0.3 is 0 Å². The standard InChI is InChI=1S/C15H20N4O/c1-12(20)13-9-16-18(10-13)11-14-7-8-19(17-14)15-5-3-2-4-6-15/h7-10,15H,2-6,11H2,1H3. The highest BCUT2D eigenvalue weighted by molar-refractivity contribution is 5.93. The maximum absolute atomic E-state index is 11.2. The smallest absolute Gasteiger partial charge is 0.162 e. The average Bonchev–Trinajstić information content (AvgIpc) is 3.10. The minimum Gasteiger partial charge on any atom is -0.294 e. The highest BCUT2D eigenvalue weighted by atomic mass is 16.1. The zero-order valence-corrected chi connectivity index (χ0v) is 11.8. The lowest BCUT2D eigenvalue weighted by molar-refractivity contribution is 0.101. The summed E-state index contributed by atoms with van der Waals surface area (Å²) < 4.78 is 3.87. The number of nitrogens with zero attached hydrogens (tertiary/aromatic N) is 4. The third-order valence-corrected chi connectivity index (χ3v) is 3.98. The summed E-state index contributed by atoms with van der Waals surface area (Å²) in [5.41, 5.74) is 1.64. The van der Waals surface area contributed by atoms with Gasteiger partial charge in [-0.1, -0.05) is 19.3 Å². The van der Waals surface area contributed by atoms with Gasteiger partial charge in [0.1, 0.15) is 0 Å². The summed E-state index contributed by atoms with van der Waals surface area (Å²) >= 11 is 0. The number of hydrogen-bond acceptors (Lipinski definition) is 3. The van der Waals surface area contributed by atoms with Gasteiger partial charge in [-0.15, -0.1) is 0 Å². The van der Waals surface area contributed by atoms with Crippen LogP contribution in [0, 0.1) is 0 Å². The zero-order chi connectivity index (χ0) is 13.9. The molecule has 1 aliphatic rings. The molecule has 2 aromatic heterocycles. The molecule has 2 aromatic rings. The molecular weight excluding hydrogens is 252 g/mol. The van der Waals surface area contributed by atoms with Crippen LogP contribution in [0.25, 0.3) is 0 Å². The van der Waals surface area contributed by atoms with Crippen LogP contribution in [0.1, 0.15) is 61.1 Å². The van der Waals surface area contributed by atoms with Crippen LogP contribution in [-0.2, 0) is 6.54 Å². The van der Waals surface area contributed by atoms with Crippen molar-refractivity contribution in [2.24, 2.45) is 0 Å². The van der Waals surface area contributed by atoms with Gasteiger partial charge in [0.15, 0.2) is 5.78 Å². The van der Waals surface area contributed by atoms with E-state index < -0.39 is 0 Å². The Morgan fingerprint density at radius 1 is 1.35 bits per heavy atom. The SMILES string of the molecule is CC(=O)c1cnn(Cc2ccn(C3CCCCC3)n2)c1. The Morgan fingerprint density at radius 3 is 2.85 bits per heavy atom. The summed E-state index contributed by atoms with van der Waals surface area (Å²) in [4.78, 5) is 11.2. The lowest BCUT2D eigenvalue weighted by atomic mass is 9.96. The fourth-order valence-corrected chi connectivity index (χ4v) is 2.81. The molecule has 0 atom stereocenters. The van der Waals surface area contributed by atoms with Gasteiger partial charge in [0, 0.05) is 12.4 Å². The summed E-state index contributed by atoms with van der Waals surface area (Å²) in [6.07, 6.45) is 11.9. The average molecular weight is 272 g/mol. The lowest BCUT2D eigenvalue weighted by Crippen LogP contribution is -2.13. The van der Waals surface area contributed by atoms with E-state index in [9.17, 15) is 4.79 Å². The number of carbonyl (C=O) groups excluding carboxylic acids is 1. The summed E-state index contributed by atoms with van der Waals surface area (Å²) in [5, 5.41) is 8.86. The molecule has 0 bridgehead atoms. The van der Waals surface area contributed by atoms with Crippen LogP contribution in [0.2, 0.25) is 0 Å². The van der Waals surface area contributed by atoms with Crippen LogP contribution in [0.4, 0.5) is 0 Å². The van der Waals surface area contributed by atoms with Crippen LogP contribution >= 0.6 is 0 Å². The number of ketones is 1. The monoisotopic (exact) mass is 272 g/mol. The molecule has 1 saturated carbocycles. The van der Waals surface area contributed by atoms with E-state index >= 15 is 0 Å². The van der Waals surface area contributed by atoms with E-state index in [2.05, 4.69) is 21.1 Å². The largest absolute Gasteiger partial charge is 0.294 e. The molecule has 0 unspecified atom stereocenters. The minimum absolute atomic E-state index is 0.0454. The molecule has 0 N–H and O–H groups in total.